The summed E-state index contributed by atoms with van der Waals surface area (Å²) in [5.41, 5.74) is 0. The van der Waals surface area contributed by atoms with Crippen LogP contribution < -0.4 is 10.6 Å². The normalized spacial score (nSPS) is 13.5. The zero-order valence-electron chi connectivity index (χ0n) is 11.7. The minimum atomic E-state index is -1.17. The minimum absolute atomic E-state index is 0.717. The fraction of sp³-hybridized carbons (Fsp3) is 0.0588. The van der Waals surface area contributed by atoms with Crippen molar-refractivity contribution in [2.24, 2.45) is 0 Å². The molecule has 1 nitrogen and oxygen atoms in total. The average Bonchev–Trinajstić information content (AvgIpc) is 3.11. The molecule has 22 heavy (non-hydrogen) atoms. The van der Waals surface area contributed by atoms with Crippen molar-refractivity contribution in [2.45, 2.75) is 6.42 Å². The summed E-state index contributed by atoms with van der Waals surface area (Å²) in [6.45, 7) is 0. The molecule has 5 heteroatoms. The maximum atomic E-state index is 10.1. The molecule has 2 aromatic rings. The first-order valence-corrected chi connectivity index (χ1v) is 22.7. The van der Waals surface area contributed by atoms with Crippen molar-refractivity contribution in [1.82, 2.24) is 0 Å². The van der Waals surface area contributed by atoms with Crippen LogP contribution in [0.25, 0.3) is 0 Å². The van der Waals surface area contributed by atoms with E-state index in [1.165, 1.54) is 6.42 Å². The van der Waals surface area contributed by atoms with E-state index in [2.05, 4.69) is 57.4 Å². The Bertz CT molecular complexity index is 590. The van der Waals surface area contributed by atoms with Gasteiger partial charge in [-0.15, -0.1) is 0 Å². The van der Waals surface area contributed by atoms with Crippen molar-refractivity contribution in [2.75, 3.05) is 0 Å². The molecule has 0 saturated heterocycles. The predicted molar refractivity (Wildman–Crippen MR) is 111 cm³/mol. The molecule has 0 radical (unpaired) electrons. The van der Waals surface area contributed by atoms with E-state index in [9.17, 15) is 4.89 Å². The third-order valence-electron chi connectivity index (χ3n) is 2.87. The first kappa shape index (κ1) is 18.8. The van der Waals surface area contributed by atoms with Gasteiger partial charge in [-0.25, -0.2) is 0 Å². The fourth-order valence-corrected chi connectivity index (χ4v) is 8.55. The second kappa shape index (κ2) is 10.3. The molecule has 0 unspecified atom stereocenters. The van der Waals surface area contributed by atoms with E-state index >= 15 is 0 Å². The molecule has 118 valence electrons. The van der Waals surface area contributed by atoms with Crippen molar-refractivity contribution in [3.05, 3.63) is 83.0 Å². The molecule has 1 aliphatic carbocycles. The summed E-state index contributed by atoms with van der Waals surface area (Å²) in [7, 11) is -1.89. The number of rotatable bonds is 3. The molecule has 0 heterocycles. The van der Waals surface area contributed by atoms with Gasteiger partial charge in [0.25, 0.3) is 0 Å². The second-order valence-electron chi connectivity index (χ2n) is 4.37. The van der Waals surface area contributed by atoms with Crippen molar-refractivity contribution < 1.29 is 14.2 Å². The van der Waals surface area contributed by atoms with Gasteiger partial charge in [0, 0.05) is 10.6 Å². The first-order valence-electron chi connectivity index (χ1n) is 6.60. The summed E-state index contributed by atoms with van der Waals surface area (Å²) < 4.78 is 1.70. The SMILES string of the molecule is OP(c1ccccc1)c1ccccc1.[I][Ir]([I])[C]1=CC=CC1. The molecule has 0 atom stereocenters. The molecule has 3 rings (SSSR count). The molecule has 0 aromatic heterocycles. The van der Waals surface area contributed by atoms with E-state index < -0.39 is 17.5 Å². The van der Waals surface area contributed by atoms with Gasteiger partial charge >= 0.3 is 77.2 Å². The second-order valence-corrected chi connectivity index (χ2v) is 31.9. The maximum absolute atomic E-state index is 10.1. The summed E-state index contributed by atoms with van der Waals surface area (Å²) in [5.74, 6) is 0. The Kier molecular flexibility index (Phi) is 8.80. The van der Waals surface area contributed by atoms with Crippen LogP contribution in [0.5, 0.6) is 0 Å². The van der Waals surface area contributed by atoms with Crippen LogP contribution >= 0.6 is 47.3 Å². The van der Waals surface area contributed by atoms with Gasteiger partial charge in [-0.05, 0) is 0 Å². The Hall–Kier alpha value is 0.419. The Balaban J connectivity index is 0.000000188. The third kappa shape index (κ3) is 6.14. The van der Waals surface area contributed by atoms with E-state index in [0.717, 1.165) is 10.6 Å². The van der Waals surface area contributed by atoms with Gasteiger partial charge in [0.2, 0.25) is 0 Å². The van der Waals surface area contributed by atoms with Gasteiger partial charge in [0.15, 0.2) is 0 Å². The number of hydrogen-bond donors (Lipinski definition) is 1. The topological polar surface area (TPSA) is 20.2 Å². The van der Waals surface area contributed by atoms with Gasteiger partial charge in [-0.2, -0.15) is 0 Å². The Labute approximate surface area is 160 Å². The van der Waals surface area contributed by atoms with Gasteiger partial charge in [0.1, 0.15) is 0 Å². The van der Waals surface area contributed by atoms with Crippen LogP contribution in [-0.2, 0) is 9.33 Å². The molecule has 0 spiro atoms. The van der Waals surface area contributed by atoms with E-state index in [-0.39, 0.29) is 0 Å². The molecular weight excluding hydrogens is 697 g/mol. The fourth-order valence-electron chi connectivity index (χ4n) is 1.79. The summed E-state index contributed by atoms with van der Waals surface area (Å²) in [6, 6.07) is 19.5. The molecule has 0 bridgehead atoms. The number of hydrogen-bond acceptors (Lipinski definition) is 1. The summed E-state index contributed by atoms with van der Waals surface area (Å²) in [4.78, 5) is 10.1. The van der Waals surface area contributed by atoms with Crippen LogP contribution in [0.3, 0.4) is 0 Å². The van der Waals surface area contributed by atoms with Crippen molar-refractivity contribution in [3.8, 4) is 0 Å². The van der Waals surface area contributed by atoms with Crippen LogP contribution in [0.15, 0.2) is 83.0 Å². The molecule has 0 saturated carbocycles. The molecule has 2 aromatic carbocycles. The molecule has 0 aliphatic heterocycles. The van der Waals surface area contributed by atoms with Crippen LogP contribution in [0, 0.1) is 0 Å². The Morgan fingerprint density at radius 2 is 1.36 bits per heavy atom. The number of benzene rings is 2. The third-order valence-corrected chi connectivity index (χ3v) is 14.1. The zero-order chi connectivity index (χ0) is 15.8. The molecule has 0 fully saturated rings. The summed E-state index contributed by atoms with van der Waals surface area (Å²) >= 11 is 5.18. The van der Waals surface area contributed by atoms with Crippen LogP contribution in [0.1, 0.15) is 6.42 Å². The van der Waals surface area contributed by atoms with Gasteiger partial charge in [0.05, 0.1) is 8.15 Å². The Morgan fingerprint density at radius 3 is 1.68 bits per heavy atom. The molecule has 1 N–H and O–H groups in total. The van der Waals surface area contributed by atoms with Gasteiger partial charge in [-0.3, -0.25) is 0 Å². The quantitative estimate of drug-likeness (QED) is 0.344. The van der Waals surface area contributed by atoms with Gasteiger partial charge < -0.3 is 4.89 Å². The van der Waals surface area contributed by atoms with Gasteiger partial charge in [-0.1, -0.05) is 60.7 Å². The monoisotopic (exact) mass is 714 g/mol. The molecule has 0 amide bonds. The van der Waals surface area contributed by atoms with E-state index in [1.807, 2.05) is 60.7 Å². The van der Waals surface area contributed by atoms with Crippen LogP contribution in [0.4, 0.5) is 0 Å². The van der Waals surface area contributed by atoms with E-state index in [4.69, 9.17) is 0 Å². The first-order chi connectivity index (χ1) is 10.7. The number of allylic oxidation sites excluding steroid dienone is 4. The van der Waals surface area contributed by atoms with Crippen molar-refractivity contribution in [3.63, 3.8) is 0 Å². The Morgan fingerprint density at radius 1 is 0.864 bits per heavy atom. The standard InChI is InChI=1S/C12H11OP.C5H5.2HI.Ir/c13-14(11-7-3-1-4-8-11)12-9-5-2-6-10-12;1-2-4-5-3-1;;;/h1-10,13H;1-3H,4H2;2*1H;/q;;;;+2/p-2. The van der Waals surface area contributed by atoms with E-state index in [0.29, 0.717) is 0 Å². The molecular formula is C17H16I2IrOP. The predicted octanol–water partition coefficient (Wildman–Crippen LogP) is 5.18. The summed E-state index contributed by atoms with van der Waals surface area (Å²) in [5, 5.41) is 1.99. The summed E-state index contributed by atoms with van der Waals surface area (Å²) in [6.07, 6.45) is 7.91. The number of halogens is 2. The molecule has 1 aliphatic rings. The van der Waals surface area contributed by atoms with Crippen molar-refractivity contribution in [1.29, 1.82) is 0 Å². The van der Waals surface area contributed by atoms with E-state index in [1.54, 1.807) is 4.09 Å². The average molecular weight is 713 g/mol. The van der Waals surface area contributed by atoms with Crippen LogP contribution in [-0.4, -0.2) is 4.89 Å². The van der Waals surface area contributed by atoms with Crippen LogP contribution in [0.2, 0.25) is 0 Å². The van der Waals surface area contributed by atoms with Crippen molar-refractivity contribution >= 4 is 57.9 Å². The zero-order valence-corrected chi connectivity index (χ0v) is 19.3.